The molecule has 0 unspecified atom stereocenters. The normalized spacial score (nSPS) is 18.3. The molecule has 2 rings (SSSR count). The Kier molecular flexibility index (Phi) is 5.18. The van der Waals surface area contributed by atoms with Gasteiger partial charge in [0, 0.05) is 0 Å². The van der Waals surface area contributed by atoms with Crippen molar-refractivity contribution >= 4 is 25.4 Å². The summed E-state index contributed by atoms with van der Waals surface area (Å²) in [4.78, 5) is 13.6. The van der Waals surface area contributed by atoms with E-state index in [4.69, 9.17) is 5.11 Å². The van der Waals surface area contributed by atoms with E-state index in [-0.39, 0.29) is 25.8 Å². The summed E-state index contributed by atoms with van der Waals surface area (Å²) in [6.45, 7) is 10.6. The van der Waals surface area contributed by atoms with Gasteiger partial charge in [0.2, 0.25) is 0 Å². The third-order valence-electron chi connectivity index (χ3n) is 4.68. The Hall–Kier alpha value is -1.69. The van der Waals surface area contributed by atoms with E-state index < -0.39 is 5.97 Å². The average molecular weight is 391 g/mol. The first-order chi connectivity index (χ1) is 11.0. The summed E-state index contributed by atoms with van der Waals surface area (Å²) in [6, 6.07) is 4.02. The molecule has 0 saturated heterocycles. The van der Waals surface area contributed by atoms with E-state index in [1.807, 2.05) is 6.07 Å². The topological polar surface area (TPSA) is 57.5 Å². The van der Waals surface area contributed by atoms with Gasteiger partial charge in [-0.15, -0.1) is 0 Å². The second-order valence-electron chi connectivity index (χ2n) is 7.63. The fourth-order valence-corrected chi connectivity index (χ4v) is 4.44. The van der Waals surface area contributed by atoms with E-state index >= 15 is 0 Å². The van der Waals surface area contributed by atoms with Crippen LogP contribution in [0.4, 0.5) is 0 Å². The Labute approximate surface area is 150 Å². The van der Waals surface area contributed by atoms with Crippen molar-refractivity contribution in [2.75, 3.05) is 0 Å². The molecule has 0 spiro atoms. The van der Waals surface area contributed by atoms with Gasteiger partial charge in [-0.25, -0.2) is 0 Å². The molecule has 0 bridgehead atoms. The molecule has 2 N–H and O–H groups in total. The monoisotopic (exact) mass is 392 g/mol. The Bertz CT molecular complexity index is 761. The summed E-state index contributed by atoms with van der Waals surface area (Å²) in [5.41, 5.74) is 3.21. The number of carbonyl (C=O) groups is 1. The van der Waals surface area contributed by atoms with Gasteiger partial charge >= 0.3 is 150 Å². The average Bonchev–Trinajstić information content (AvgIpc) is 2.44. The van der Waals surface area contributed by atoms with Crippen molar-refractivity contribution < 1.29 is 15.0 Å². The summed E-state index contributed by atoms with van der Waals surface area (Å²) in [5.74, 6) is 2.16. The molecule has 128 valence electrons. The second-order valence-corrected chi connectivity index (χ2v) is 9.41. The molecule has 0 fully saturated rings. The van der Waals surface area contributed by atoms with E-state index in [1.54, 1.807) is 6.92 Å². The minimum atomic E-state index is -0.991. The van der Waals surface area contributed by atoms with E-state index in [9.17, 15) is 9.90 Å². The summed E-state index contributed by atoms with van der Waals surface area (Å²) < 4.78 is 0.864. The number of allylic oxidation sites excluding steroid dienone is 1. The zero-order valence-electron chi connectivity index (χ0n) is 14.9. The number of phenolic OH excluding ortho intramolecular Hbond substituents is 1. The van der Waals surface area contributed by atoms with Crippen LogP contribution in [-0.4, -0.2) is 31.1 Å². The number of aliphatic carboxylic acids is 1. The third kappa shape index (κ3) is 4.04. The summed E-state index contributed by atoms with van der Waals surface area (Å²) >= 11 is -0.218. The zero-order chi connectivity index (χ0) is 18.1. The van der Waals surface area contributed by atoms with Gasteiger partial charge in [0.25, 0.3) is 0 Å². The van der Waals surface area contributed by atoms with Crippen molar-refractivity contribution in [3.05, 3.63) is 34.9 Å². The fraction of sp³-hybridized carbons (Fsp3) is 0.450. The van der Waals surface area contributed by atoms with E-state index in [0.29, 0.717) is 11.3 Å². The van der Waals surface area contributed by atoms with Crippen LogP contribution in [0.25, 0.3) is 0 Å². The number of carboxylic acid groups (broad SMARTS) is 1. The Morgan fingerprint density at radius 1 is 1.17 bits per heavy atom. The van der Waals surface area contributed by atoms with Crippen LogP contribution < -0.4 is 4.46 Å². The maximum atomic E-state index is 10.6. The first kappa shape index (κ1) is 18.6. The van der Waals surface area contributed by atoms with Crippen LogP contribution in [-0.2, 0) is 15.6 Å². The molecular formula is C20H24O3Se. The zero-order valence-corrected chi connectivity index (χ0v) is 16.6. The number of benzene rings is 1. The van der Waals surface area contributed by atoms with Crippen LogP contribution in [0, 0.1) is 10.7 Å². The molecule has 0 aliphatic heterocycles. The second kappa shape index (κ2) is 6.67. The molecular weight excluding hydrogens is 367 g/mol. The molecule has 0 amide bonds. The maximum absolute atomic E-state index is 10.6. The molecule has 1 aromatic rings. The van der Waals surface area contributed by atoms with Gasteiger partial charge in [-0.2, -0.15) is 0 Å². The van der Waals surface area contributed by atoms with Crippen molar-refractivity contribution in [1.29, 1.82) is 0 Å². The standard InChI is InChI=1S/C20H24O3Se/c1-13(10-18(22)23)6-9-24-17-12-15-14(11-16(17)21)19(2,3)7-8-20(15,4)5/h10-12,21H,7-8H2,1-5H3,(H,22,23). The number of carboxylic acids is 1. The number of hydrogen-bond acceptors (Lipinski definition) is 2. The molecule has 3 nitrogen and oxygen atoms in total. The van der Waals surface area contributed by atoms with Crippen LogP contribution >= 0.6 is 0 Å². The molecule has 0 saturated carbocycles. The minimum absolute atomic E-state index is 0.0698. The quantitative estimate of drug-likeness (QED) is 0.463. The van der Waals surface area contributed by atoms with Crippen molar-refractivity contribution in [1.82, 2.24) is 0 Å². The first-order valence-electron chi connectivity index (χ1n) is 8.00. The molecule has 0 radical (unpaired) electrons. The van der Waals surface area contributed by atoms with Gasteiger partial charge in [-0.1, -0.05) is 0 Å². The first-order valence-corrected chi connectivity index (χ1v) is 9.71. The van der Waals surface area contributed by atoms with Gasteiger partial charge in [0.15, 0.2) is 0 Å². The predicted octanol–water partition coefficient (Wildman–Crippen LogP) is 3.06. The molecule has 4 heteroatoms. The SMILES string of the molecule is CC(C#C[Se]c1cc2c(cc1O)C(C)(C)CCC2(C)C)=CC(=O)O. The van der Waals surface area contributed by atoms with E-state index in [1.165, 1.54) is 11.1 Å². The number of fused-ring (bicyclic) bond motifs is 1. The van der Waals surface area contributed by atoms with E-state index in [0.717, 1.165) is 23.4 Å². The van der Waals surface area contributed by atoms with Gasteiger partial charge < -0.3 is 0 Å². The summed E-state index contributed by atoms with van der Waals surface area (Å²) in [6.07, 6.45) is 3.33. The number of phenols is 1. The van der Waals surface area contributed by atoms with Crippen molar-refractivity contribution in [2.24, 2.45) is 0 Å². The summed E-state index contributed by atoms with van der Waals surface area (Å²) in [7, 11) is 0. The molecule has 0 heterocycles. The number of aromatic hydroxyl groups is 1. The molecule has 1 aliphatic rings. The Morgan fingerprint density at radius 3 is 2.25 bits per heavy atom. The van der Waals surface area contributed by atoms with Crippen molar-refractivity contribution in [3.63, 3.8) is 0 Å². The van der Waals surface area contributed by atoms with Crippen molar-refractivity contribution in [3.8, 4) is 16.5 Å². The summed E-state index contributed by atoms with van der Waals surface area (Å²) in [5, 5.41) is 19.1. The van der Waals surface area contributed by atoms with E-state index in [2.05, 4.69) is 44.5 Å². The van der Waals surface area contributed by atoms with Gasteiger partial charge in [0.1, 0.15) is 0 Å². The van der Waals surface area contributed by atoms with Crippen molar-refractivity contribution in [2.45, 2.75) is 58.3 Å². The third-order valence-corrected chi connectivity index (χ3v) is 6.26. The molecule has 0 atom stereocenters. The molecule has 24 heavy (non-hydrogen) atoms. The van der Waals surface area contributed by atoms with Crippen LogP contribution in [0.2, 0.25) is 0 Å². The van der Waals surface area contributed by atoms with Gasteiger partial charge in [-0.05, 0) is 0 Å². The number of rotatable bonds is 2. The van der Waals surface area contributed by atoms with Crippen LogP contribution in [0.5, 0.6) is 5.75 Å². The molecule has 1 aliphatic carbocycles. The predicted molar refractivity (Wildman–Crippen MR) is 97.9 cm³/mol. The number of hydrogen-bond donors (Lipinski definition) is 2. The van der Waals surface area contributed by atoms with Crippen LogP contribution in [0.1, 0.15) is 58.6 Å². The molecule has 1 aromatic carbocycles. The van der Waals surface area contributed by atoms with Gasteiger partial charge in [-0.3, -0.25) is 0 Å². The Balaban J connectivity index is 2.38. The fourth-order valence-electron chi connectivity index (χ4n) is 3.05. The molecule has 0 aromatic heterocycles. The van der Waals surface area contributed by atoms with Gasteiger partial charge in [0.05, 0.1) is 0 Å². The Morgan fingerprint density at radius 2 is 1.71 bits per heavy atom. The van der Waals surface area contributed by atoms with Crippen LogP contribution in [0.3, 0.4) is 0 Å². The van der Waals surface area contributed by atoms with Crippen LogP contribution in [0.15, 0.2) is 23.8 Å².